The molecule has 2 aromatic carbocycles. The van der Waals surface area contributed by atoms with Crippen LogP contribution in [0.1, 0.15) is 41.9 Å². The molecule has 3 nitrogen and oxygen atoms in total. The molecular weight excluding hydrogens is 306 g/mol. The van der Waals surface area contributed by atoms with Crippen LogP contribution in [-0.4, -0.2) is 18.1 Å². The first-order chi connectivity index (χ1) is 12.4. The van der Waals surface area contributed by atoms with Crippen molar-refractivity contribution in [2.75, 3.05) is 18.4 Å². The maximum atomic E-state index is 3.58. The van der Waals surface area contributed by atoms with Gasteiger partial charge in [0, 0.05) is 28.5 Å². The van der Waals surface area contributed by atoms with Crippen LogP contribution in [0.25, 0.3) is 10.9 Å². The Morgan fingerprint density at radius 2 is 1.68 bits per heavy atom. The Hall–Kier alpha value is -2.26. The van der Waals surface area contributed by atoms with Gasteiger partial charge in [0.1, 0.15) is 0 Å². The lowest BCUT2D eigenvalue weighted by Gasteiger charge is -2.22. The van der Waals surface area contributed by atoms with Gasteiger partial charge in [-0.15, -0.1) is 0 Å². The first-order valence-corrected chi connectivity index (χ1v) is 9.57. The van der Waals surface area contributed by atoms with Crippen molar-refractivity contribution < 1.29 is 0 Å². The fraction of sp³-hybridized carbons (Fsp3) is 0.364. The predicted octanol–water partition coefficient (Wildman–Crippen LogP) is 4.87. The van der Waals surface area contributed by atoms with E-state index in [9.17, 15) is 0 Å². The highest BCUT2D eigenvalue weighted by Crippen LogP contribution is 2.33. The summed E-state index contributed by atoms with van der Waals surface area (Å²) >= 11 is 0. The van der Waals surface area contributed by atoms with Gasteiger partial charge in [0.05, 0.1) is 0 Å². The number of nitrogens with one attached hydrogen (secondary N) is 3. The summed E-state index contributed by atoms with van der Waals surface area (Å²) in [5.74, 6) is 0.686. The maximum absolute atomic E-state index is 3.58. The van der Waals surface area contributed by atoms with Gasteiger partial charge in [-0.1, -0.05) is 12.1 Å². The number of H-pyrrole nitrogens is 1. The lowest BCUT2D eigenvalue weighted by molar-refractivity contribution is 0.462. The summed E-state index contributed by atoms with van der Waals surface area (Å²) in [5.41, 5.74) is 8.12. The third-order valence-corrected chi connectivity index (χ3v) is 5.88. The van der Waals surface area contributed by atoms with Crippen LogP contribution in [0.4, 0.5) is 11.4 Å². The fourth-order valence-corrected chi connectivity index (χ4v) is 4.51. The monoisotopic (exact) mass is 331 g/mol. The molecule has 1 aliphatic carbocycles. The standard InChI is InChI=1S/C22H25N3/c1-2-15-4-5-18(12-17(15)3-1)25-19-6-7-20-21(14-24-22(20)13-19)16-8-10-23-11-9-16/h4-7,12-14,16,23-25H,1-3,8-11H2. The van der Waals surface area contributed by atoms with E-state index in [4.69, 9.17) is 0 Å². The molecule has 2 aliphatic rings. The van der Waals surface area contributed by atoms with Crippen LogP contribution >= 0.6 is 0 Å². The minimum Gasteiger partial charge on any atom is -0.361 e. The van der Waals surface area contributed by atoms with Gasteiger partial charge in [0.15, 0.2) is 0 Å². The van der Waals surface area contributed by atoms with Gasteiger partial charge in [-0.25, -0.2) is 0 Å². The van der Waals surface area contributed by atoms with Crippen LogP contribution in [-0.2, 0) is 12.8 Å². The largest absolute Gasteiger partial charge is 0.361 e. The molecule has 1 aromatic heterocycles. The second kappa shape index (κ2) is 6.23. The normalized spacial score (nSPS) is 17.8. The lowest BCUT2D eigenvalue weighted by atomic mass is 9.90. The molecule has 3 heteroatoms. The van der Waals surface area contributed by atoms with E-state index in [-0.39, 0.29) is 0 Å². The zero-order chi connectivity index (χ0) is 16.6. The Morgan fingerprint density at radius 3 is 2.60 bits per heavy atom. The Labute approximate surface area is 148 Å². The average Bonchev–Trinajstić information content (AvgIpc) is 3.28. The van der Waals surface area contributed by atoms with Crippen molar-refractivity contribution in [3.63, 3.8) is 0 Å². The van der Waals surface area contributed by atoms with Crippen LogP contribution in [0.5, 0.6) is 0 Å². The summed E-state index contributed by atoms with van der Waals surface area (Å²) in [6.45, 7) is 2.27. The number of aromatic nitrogens is 1. The van der Waals surface area contributed by atoms with E-state index in [1.807, 2.05) is 0 Å². The van der Waals surface area contributed by atoms with Gasteiger partial charge < -0.3 is 15.6 Å². The summed E-state index contributed by atoms with van der Waals surface area (Å²) in [6, 6.07) is 13.6. The Morgan fingerprint density at radius 1 is 0.880 bits per heavy atom. The summed E-state index contributed by atoms with van der Waals surface area (Å²) in [7, 11) is 0. The zero-order valence-corrected chi connectivity index (χ0v) is 14.6. The van der Waals surface area contributed by atoms with E-state index in [1.165, 1.54) is 65.4 Å². The molecule has 1 saturated heterocycles. The summed E-state index contributed by atoms with van der Waals surface area (Å²) in [5, 5.41) is 8.42. The molecule has 0 atom stereocenters. The molecule has 0 spiro atoms. The van der Waals surface area contributed by atoms with Crippen molar-refractivity contribution in [1.82, 2.24) is 10.3 Å². The predicted molar refractivity (Wildman–Crippen MR) is 105 cm³/mol. The highest BCUT2D eigenvalue weighted by atomic mass is 14.9. The first-order valence-electron chi connectivity index (χ1n) is 9.57. The second-order valence-corrected chi connectivity index (χ2v) is 7.49. The Bertz CT molecular complexity index is 903. The minimum atomic E-state index is 0.686. The second-order valence-electron chi connectivity index (χ2n) is 7.49. The third-order valence-electron chi connectivity index (χ3n) is 5.88. The fourth-order valence-electron chi connectivity index (χ4n) is 4.51. The third kappa shape index (κ3) is 2.83. The molecule has 0 bridgehead atoms. The summed E-state index contributed by atoms with van der Waals surface area (Å²) in [4.78, 5) is 3.49. The Balaban J connectivity index is 1.41. The van der Waals surface area contributed by atoms with Crippen LogP contribution in [0, 0.1) is 0 Å². The number of benzene rings is 2. The number of aromatic amines is 1. The van der Waals surface area contributed by atoms with E-state index >= 15 is 0 Å². The van der Waals surface area contributed by atoms with Gasteiger partial charge in [-0.2, -0.15) is 0 Å². The van der Waals surface area contributed by atoms with Crippen LogP contribution in [0.3, 0.4) is 0 Å². The SMILES string of the molecule is c1cc2c(cc1Nc1ccc3c(C4CCNCC4)c[nH]c3c1)CCC2. The Kier molecular flexibility index (Phi) is 3.75. The number of hydrogen-bond acceptors (Lipinski definition) is 2. The van der Waals surface area contributed by atoms with Gasteiger partial charge in [-0.3, -0.25) is 0 Å². The van der Waals surface area contributed by atoms with E-state index in [1.54, 1.807) is 0 Å². The maximum Gasteiger partial charge on any atom is 0.0477 e. The molecule has 0 unspecified atom stereocenters. The molecule has 128 valence electrons. The first kappa shape index (κ1) is 15.0. The van der Waals surface area contributed by atoms with Crippen LogP contribution in [0.2, 0.25) is 0 Å². The lowest BCUT2D eigenvalue weighted by Crippen LogP contribution is -2.26. The summed E-state index contributed by atoms with van der Waals surface area (Å²) < 4.78 is 0. The smallest absolute Gasteiger partial charge is 0.0477 e. The molecular formula is C22H25N3. The quantitative estimate of drug-likeness (QED) is 0.641. The van der Waals surface area contributed by atoms with Crippen molar-refractivity contribution in [2.24, 2.45) is 0 Å². The number of anilines is 2. The molecule has 2 heterocycles. The topological polar surface area (TPSA) is 39.8 Å². The highest BCUT2D eigenvalue weighted by molar-refractivity contribution is 5.87. The minimum absolute atomic E-state index is 0.686. The van der Waals surface area contributed by atoms with Crippen molar-refractivity contribution in [3.05, 3.63) is 59.3 Å². The molecule has 1 fully saturated rings. The van der Waals surface area contributed by atoms with E-state index in [2.05, 4.69) is 58.2 Å². The molecule has 0 saturated carbocycles. The van der Waals surface area contributed by atoms with Gasteiger partial charge in [0.25, 0.3) is 0 Å². The van der Waals surface area contributed by atoms with Gasteiger partial charge >= 0.3 is 0 Å². The zero-order valence-electron chi connectivity index (χ0n) is 14.6. The van der Waals surface area contributed by atoms with Crippen LogP contribution in [0.15, 0.2) is 42.6 Å². The molecule has 25 heavy (non-hydrogen) atoms. The molecule has 3 N–H and O–H groups in total. The number of rotatable bonds is 3. The molecule has 3 aromatic rings. The van der Waals surface area contributed by atoms with Crippen LogP contribution < -0.4 is 10.6 Å². The number of fused-ring (bicyclic) bond motifs is 2. The van der Waals surface area contributed by atoms with E-state index in [0.29, 0.717) is 5.92 Å². The van der Waals surface area contributed by atoms with Crippen molar-refractivity contribution >= 4 is 22.3 Å². The van der Waals surface area contributed by atoms with Gasteiger partial charge in [-0.05, 0) is 92.1 Å². The highest BCUT2D eigenvalue weighted by Gasteiger charge is 2.18. The number of hydrogen-bond donors (Lipinski definition) is 3. The van der Waals surface area contributed by atoms with Crippen molar-refractivity contribution in [3.8, 4) is 0 Å². The number of aryl methyl sites for hydroxylation is 2. The molecule has 1 aliphatic heterocycles. The molecule has 0 radical (unpaired) electrons. The van der Waals surface area contributed by atoms with Gasteiger partial charge in [0.2, 0.25) is 0 Å². The number of piperidine rings is 1. The van der Waals surface area contributed by atoms with E-state index < -0.39 is 0 Å². The average molecular weight is 331 g/mol. The molecule has 5 rings (SSSR count). The van der Waals surface area contributed by atoms with Crippen molar-refractivity contribution in [1.29, 1.82) is 0 Å². The van der Waals surface area contributed by atoms with Crippen molar-refractivity contribution in [2.45, 2.75) is 38.0 Å². The summed E-state index contributed by atoms with van der Waals surface area (Å²) in [6.07, 6.45) is 8.46. The molecule has 0 amide bonds. The van der Waals surface area contributed by atoms with E-state index in [0.717, 1.165) is 18.8 Å².